The fourth-order valence-corrected chi connectivity index (χ4v) is 2.47. The van der Waals surface area contributed by atoms with Crippen molar-refractivity contribution in [2.75, 3.05) is 13.1 Å². The molecule has 1 saturated heterocycles. The first-order valence-electron chi connectivity index (χ1n) is 6.70. The molecule has 1 fully saturated rings. The Morgan fingerprint density at radius 2 is 1.85 bits per heavy atom. The summed E-state index contributed by atoms with van der Waals surface area (Å²) in [5.41, 5.74) is 0.294. The van der Waals surface area contributed by atoms with Gasteiger partial charge in [0, 0.05) is 18.1 Å². The smallest absolute Gasteiger partial charge is 0.227 e. The van der Waals surface area contributed by atoms with E-state index in [9.17, 15) is 8.78 Å². The Morgan fingerprint density at radius 1 is 1.15 bits per heavy atom. The quantitative estimate of drug-likeness (QED) is 0.938. The number of hydrogen-bond donors (Lipinski definition) is 1. The molecule has 4 nitrogen and oxygen atoms in total. The highest BCUT2D eigenvalue weighted by Crippen LogP contribution is 2.21. The zero-order chi connectivity index (χ0) is 13.9. The second kappa shape index (κ2) is 5.66. The third kappa shape index (κ3) is 3.01. The Labute approximate surface area is 115 Å². The van der Waals surface area contributed by atoms with E-state index in [-0.39, 0.29) is 5.82 Å². The van der Waals surface area contributed by atoms with Crippen molar-refractivity contribution < 1.29 is 13.3 Å². The maximum atomic E-state index is 13.2. The summed E-state index contributed by atoms with van der Waals surface area (Å²) in [6.45, 7) is 2.00. The first-order chi connectivity index (χ1) is 9.70. The molecule has 6 heteroatoms. The Kier molecular flexibility index (Phi) is 3.73. The number of hydrogen-bond acceptors (Lipinski definition) is 4. The molecule has 1 N–H and O–H groups in total. The SMILES string of the molecule is Fc1cc(F)cc(-c2noc(CC3CCNCC3)n2)c1. The molecule has 1 aromatic heterocycles. The molecule has 1 aromatic carbocycles. The lowest BCUT2D eigenvalue weighted by atomic mass is 9.95. The minimum absolute atomic E-state index is 0.229. The number of piperidine rings is 1. The second-order valence-electron chi connectivity index (χ2n) is 5.07. The van der Waals surface area contributed by atoms with Crippen LogP contribution in [0.25, 0.3) is 11.4 Å². The first kappa shape index (κ1) is 13.2. The van der Waals surface area contributed by atoms with Crippen molar-refractivity contribution in [3.63, 3.8) is 0 Å². The Balaban J connectivity index is 1.75. The topological polar surface area (TPSA) is 51.0 Å². The summed E-state index contributed by atoms with van der Waals surface area (Å²) < 4.78 is 31.5. The van der Waals surface area contributed by atoms with Crippen molar-refractivity contribution in [1.29, 1.82) is 0 Å². The lowest BCUT2D eigenvalue weighted by Gasteiger charge is -2.20. The van der Waals surface area contributed by atoms with Gasteiger partial charge in [0.1, 0.15) is 11.6 Å². The van der Waals surface area contributed by atoms with Crippen molar-refractivity contribution in [2.45, 2.75) is 19.3 Å². The van der Waals surface area contributed by atoms with E-state index >= 15 is 0 Å². The molecular formula is C14H15F2N3O. The summed E-state index contributed by atoms with van der Waals surface area (Å²) in [6.07, 6.45) is 2.87. The van der Waals surface area contributed by atoms with Crippen LogP contribution >= 0.6 is 0 Å². The van der Waals surface area contributed by atoms with Crippen LogP contribution in [0, 0.1) is 17.6 Å². The molecule has 0 spiro atoms. The summed E-state index contributed by atoms with van der Waals surface area (Å²) in [5.74, 6) is -0.0212. The molecule has 0 atom stereocenters. The number of nitrogens with one attached hydrogen (secondary N) is 1. The van der Waals surface area contributed by atoms with Gasteiger partial charge in [0.25, 0.3) is 0 Å². The van der Waals surface area contributed by atoms with Gasteiger partial charge in [0.15, 0.2) is 0 Å². The largest absolute Gasteiger partial charge is 0.339 e. The Hall–Kier alpha value is -1.82. The number of nitrogens with zero attached hydrogens (tertiary/aromatic N) is 2. The van der Waals surface area contributed by atoms with Crippen LogP contribution in [-0.2, 0) is 6.42 Å². The van der Waals surface area contributed by atoms with Crippen LogP contribution in [0.15, 0.2) is 22.7 Å². The highest BCUT2D eigenvalue weighted by Gasteiger charge is 2.18. The van der Waals surface area contributed by atoms with E-state index in [0.717, 1.165) is 32.0 Å². The molecule has 1 aliphatic heterocycles. The predicted octanol–water partition coefficient (Wildman–Crippen LogP) is 2.56. The molecule has 3 rings (SSSR count). The molecule has 0 saturated carbocycles. The van der Waals surface area contributed by atoms with Gasteiger partial charge in [-0.15, -0.1) is 0 Å². The molecule has 2 heterocycles. The van der Waals surface area contributed by atoms with Crippen molar-refractivity contribution in [3.8, 4) is 11.4 Å². The minimum atomic E-state index is -0.648. The van der Waals surface area contributed by atoms with Crippen LogP contribution in [0.5, 0.6) is 0 Å². The van der Waals surface area contributed by atoms with Crippen LogP contribution in [0.1, 0.15) is 18.7 Å². The molecular weight excluding hydrogens is 264 g/mol. The number of benzene rings is 1. The van der Waals surface area contributed by atoms with Gasteiger partial charge < -0.3 is 9.84 Å². The van der Waals surface area contributed by atoms with Crippen LogP contribution in [0.4, 0.5) is 8.78 Å². The van der Waals surface area contributed by atoms with Crippen molar-refractivity contribution in [3.05, 3.63) is 35.7 Å². The fraction of sp³-hybridized carbons (Fsp3) is 0.429. The third-order valence-corrected chi connectivity index (χ3v) is 3.51. The van der Waals surface area contributed by atoms with Gasteiger partial charge in [-0.05, 0) is 44.0 Å². The zero-order valence-corrected chi connectivity index (χ0v) is 10.9. The van der Waals surface area contributed by atoms with E-state index in [1.54, 1.807) is 0 Å². The van der Waals surface area contributed by atoms with E-state index in [4.69, 9.17) is 4.52 Å². The first-order valence-corrected chi connectivity index (χ1v) is 6.70. The molecule has 0 amide bonds. The molecule has 106 valence electrons. The van der Waals surface area contributed by atoms with Crippen molar-refractivity contribution in [2.24, 2.45) is 5.92 Å². The van der Waals surface area contributed by atoms with E-state index < -0.39 is 11.6 Å². The van der Waals surface area contributed by atoms with Gasteiger partial charge in [-0.1, -0.05) is 5.16 Å². The summed E-state index contributed by atoms with van der Waals surface area (Å²) in [7, 11) is 0. The minimum Gasteiger partial charge on any atom is -0.339 e. The van der Waals surface area contributed by atoms with Crippen molar-refractivity contribution >= 4 is 0 Å². The van der Waals surface area contributed by atoms with E-state index in [2.05, 4.69) is 15.5 Å². The van der Waals surface area contributed by atoms with E-state index in [1.807, 2.05) is 0 Å². The highest BCUT2D eigenvalue weighted by molar-refractivity contribution is 5.54. The van der Waals surface area contributed by atoms with E-state index in [0.29, 0.717) is 23.8 Å². The Morgan fingerprint density at radius 3 is 2.55 bits per heavy atom. The molecule has 0 unspecified atom stereocenters. The summed E-state index contributed by atoms with van der Waals surface area (Å²) in [4.78, 5) is 4.23. The summed E-state index contributed by atoms with van der Waals surface area (Å²) in [5, 5.41) is 7.09. The summed E-state index contributed by atoms with van der Waals surface area (Å²) >= 11 is 0. The maximum absolute atomic E-state index is 13.2. The molecule has 0 bridgehead atoms. The highest BCUT2D eigenvalue weighted by atomic mass is 19.1. The molecule has 1 aliphatic rings. The molecule has 0 aliphatic carbocycles. The van der Waals surface area contributed by atoms with Gasteiger partial charge in [0.05, 0.1) is 0 Å². The summed E-state index contributed by atoms with van der Waals surface area (Å²) in [6, 6.07) is 3.21. The lowest BCUT2D eigenvalue weighted by molar-refractivity contribution is 0.313. The maximum Gasteiger partial charge on any atom is 0.227 e. The number of halogens is 2. The van der Waals surface area contributed by atoms with Crippen LogP contribution in [0.2, 0.25) is 0 Å². The molecule has 20 heavy (non-hydrogen) atoms. The standard InChI is InChI=1S/C14H15F2N3O/c15-11-6-10(7-12(16)8-11)14-18-13(20-19-14)5-9-1-3-17-4-2-9/h6-9,17H,1-5H2. The fourth-order valence-electron chi connectivity index (χ4n) is 2.47. The zero-order valence-electron chi connectivity index (χ0n) is 10.9. The van der Waals surface area contributed by atoms with Gasteiger partial charge in [-0.25, -0.2) is 8.78 Å². The van der Waals surface area contributed by atoms with Crippen LogP contribution in [-0.4, -0.2) is 23.2 Å². The van der Waals surface area contributed by atoms with Gasteiger partial charge >= 0.3 is 0 Å². The number of aromatic nitrogens is 2. The number of rotatable bonds is 3. The second-order valence-corrected chi connectivity index (χ2v) is 5.07. The van der Waals surface area contributed by atoms with Gasteiger partial charge in [-0.2, -0.15) is 4.98 Å². The van der Waals surface area contributed by atoms with Crippen LogP contribution in [0.3, 0.4) is 0 Å². The van der Waals surface area contributed by atoms with Crippen LogP contribution < -0.4 is 5.32 Å². The molecule has 0 radical (unpaired) electrons. The van der Waals surface area contributed by atoms with Gasteiger partial charge in [0.2, 0.25) is 11.7 Å². The van der Waals surface area contributed by atoms with Crippen molar-refractivity contribution in [1.82, 2.24) is 15.5 Å². The average Bonchev–Trinajstić information content (AvgIpc) is 2.87. The third-order valence-electron chi connectivity index (χ3n) is 3.51. The van der Waals surface area contributed by atoms with E-state index in [1.165, 1.54) is 12.1 Å². The lowest BCUT2D eigenvalue weighted by Crippen LogP contribution is -2.28. The van der Waals surface area contributed by atoms with Gasteiger partial charge in [-0.3, -0.25) is 0 Å². The Bertz CT molecular complexity index is 574. The monoisotopic (exact) mass is 279 g/mol. The average molecular weight is 279 g/mol. The predicted molar refractivity (Wildman–Crippen MR) is 68.9 cm³/mol. The molecule has 2 aromatic rings. The normalized spacial score (nSPS) is 16.5.